The van der Waals surface area contributed by atoms with Crippen molar-refractivity contribution < 1.29 is 4.79 Å². The van der Waals surface area contributed by atoms with Gasteiger partial charge in [0, 0.05) is 35.1 Å². The molecule has 8 heteroatoms. The number of hydrogen-bond acceptors (Lipinski definition) is 6. The molecule has 1 fully saturated rings. The zero-order valence-corrected chi connectivity index (χ0v) is 13.4. The topological polar surface area (TPSA) is 122 Å². The largest absolute Gasteiger partial charge is 0.366 e. The minimum Gasteiger partial charge on any atom is -0.366 e. The van der Waals surface area contributed by atoms with E-state index in [1.807, 2.05) is 12.1 Å². The number of hydrogen-bond donors (Lipinski definition) is 4. The second-order valence-electron chi connectivity index (χ2n) is 5.94. The molecule has 4 rings (SSSR count). The van der Waals surface area contributed by atoms with Crippen LogP contribution in [-0.2, 0) is 0 Å². The van der Waals surface area contributed by atoms with Crippen molar-refractivity contribution in [3.8, 4) is 0 Å². The van der Waals surface area contributed by atoms with Gasteiger partial charge in [-0.05, 0) is 37.1 Å². The van der Waals surface area contributed by atoms with Crippen LogP contribution in [0.3, 0.4) is 0 Å². The van der Waals surface area contributed by atoms with Crippen molar-refractivity contribution in [2.24, 2.45) is 5.73 Å². The number of aromatic amines is 1. The molecule has 0 saturated heterocycles. The third-order valence-electron chi connectivity index (χ3n) is 3.93. The molecule has 0 aliphatic heterocycles. The van der Waals surface area contributed by atoms with Gasteiger partial charge < -0.3 is 16.4 Å². The van der Waals surface area contributed by atoms with Gasteiger partial charge in [-0.25, -0.2) is 4.98 Å². The van der Waals surface area contributed by atoms with E-state index in [1.165, 1.54) is 12.8 Å². The zero-order valence-electron chi connectivity index (χ0n) is 13.4. The fourth-order valence-electron chi connectivity index (χ4n) is 2.50. The fraction of sp³-hybridized carbons (Fsp3) is 0.176. The zero-order chi connectivity index (χ0) is 17.2. The molecule has 25 heavy (non-hydrogen) atoms. The predicted molar refractivity (Wildman–Crippen MR) is 94.1 cm³/mol. The fourth-order valence-corrected chi connectivity index (χ4v) is 2.50. The Morgan fingerprint density at radius 3 is 2.84 bits per heavy atom. The van der Waals surface area contributed by atoms with Crippen molar-refractivity contribution in [2.75, 3.05) is 10.6 Å². The molecule has 0 spiro atoms. The number of nitrogens with two attached hydrogens (primary N) is 1. The first-order valence-electron chi connectivity index (χ1n) is 7.99. The number of anilines is 4. The minimum atomic E-state index is -0.481. The van der Waals surface area contributed by atoms with Crippen molar-refractivity contribution >= 4 is 29.2 Å². The predicted octanol–water partition coefficient (Wildman–Crippen LogP) is 2.66. The summed E-state index contributed by atoms with van der Waals surface area (Å²) in [6.07, 6.45) is 4.07. The molecule has 1 saturated carbocycles. The van der Waals surface area contributed by atoms with Gasteiger partial charge in [-0.15, -0.1) is 0 Å². The number of nitrogens with one attached hydrogen (secondary N) is 3. The molecule has 8 nitrogen and oxygen atoms in total. The molecule has 1 aliphatic carbocycles. The molecule has 5 N–H and O–H groups in total. The normalized spacial score (nSPS) is 13.4. The van der Waals surface area contributed by atoms with E-state index in [4.69, 9.17) is 5.73 Å². The van der Waals surface area contributed by atoms with Crippen LogP contribution in [0.5, 0.6) is 0 Å². The van der Waals surface area contributed by atoms with Crippen molar-refractivity contribution in [3.05, 3.63) is 53.9 Å². The lowest BCUT2D eigenvalue weighted by molar-refractivity contribution is 0.100. The van der Waals surface area contributed by atoms with E-state index in [1.54, 1.807) is 30.5 Å². The molecule has 126 valence electrons. The molecule has 1 aliphatic rings. The average molecular weight is 335 g/mol. The number of amides is 1. The smallest absolute Gasteiger partial charge is 0.248 e. The van der Waals surface area contributed by atoms with E-state index >= 15 is 0 Å². The molecule has 0 radical (unpaired) electrons. The number of carbonyl (C=O) groups excluding carboxylic acids is 1. The van der Waals surface area contributed by atoms with Crippen LogP contribution in [-0.4, -0.2) is 26.1 Å². The summed E-state index contributed by atoms with van der Waals surface area (Å²) in [4.78, 5) is 19.9. The van der Waals surface area contributed by atoms with Crippen LogP contribution in [0, 0.1) is 0 Å². The molecular formula is C17H17N7O. The van der Waals surface area contributed by atoms with E-state index in [0.29, 0.717) is 28.9 Å². The third-order valence-corrected chi connectivity index (χ3v) is 3.93. The lowest BCUT2D eigenvalue weighted by Gasteiger charge is -2.07. The highest BCUT2D eigenvalue weighted by Gasteiger charge is 2.25. The Labute approximate surface area is 143 Å². The number of nitrogens with zero attached hydrogens (tertiary/aromatic N) is 3. The number of benzene rings is 1. The van der Waals surface area contributed by atoms with Crippen molar-refractivity contribution in [1.82, 2.24) is 20.2 Å². The first kappa shape index (κ1) is 15.1. The van der Waals surface area contributed by atoms with Gasteiger partial charge in [0.05, 0.1) is 0 Å². The quantitative estimate of drug-likeness (QED) is 0.549. The van der Waals surface area contributed by atoms with Crippen molar-refractivity contribution in [1.29, 1.82) is 0 Å². The van der Waals surface area contributed by atoms with Gasteiger partial charge in [-0.1, -0.05) is 6.07 Å². The summed E-state index contributed by atoms with van der Waals surface area (Å²) < 4.78 is 0. The second-order valence-corrected chi connectivity index (χ2v) is 5.94. The second kappa shape index (κ2) is 6.23. The van der Waals surface area contributed by atoms with Gasteiger partial charge in [0.25, 0.3) is 0 Å². The Bertz CT molecular complexity index is 917. The molecular weight excluding hydrogens is 318 g/mol. The van der Waals surface area contributed by atoms with Crippen LogP contribution < -0.4 is 16.4 Å². The Kier molecular flexibility index (Phi) is 3.77. The van der Waals surface area contributed by atoms with Gasteiger partial charge in [0.2, 0.25) is 11.9 Å². The van der Waals surface area contributed by atoms with Gasteiger partial charge in [0.15, 0.2) is 5.82 Å². The minimum absolute atomic E-state index is 0.407. The maximum absolute atomic E-state index is 11.3. The van der Waals surface area contributed by atoms with E-state index in [9.17, 15) is 4.79 Å². The van der Waals surface area contributed by atoms with Gasteiger partial charge >= 0.3 is 0 Å². The number of primary amides is 1. The van der Waals surface area contributed by atoms with Crippen LogP contribution in [0.1, 0.15) is 34.8 Å². The van der Waals surface area contributed by atoms with E-state index in [2.05, 4.69) is 30.8 Å². The average Bonchev–Trinajstić information content (AvgIpc) is 3.35. The highest BCUT2D eigenvalue weighted by Crippen LogP contribution is 2.39. The summed E-state index contributed by atoms with van der Waals surface area (Å²) in [7, 11) is 0. The Hall–Kier alpha value is -3.42. The molecule has 2 heterocycles. The molecule has 0 unspecified atom stereocenters. The van der Waals surface area contributed by atoms with Crippen molar-refractivity contribution in [2.45, 2.75) is 18.8 Å². The van der Waals surface area contributed by atoms with E-state index in [-0.39, 0.29) is 0 Å². The molecule has 0 atom stereocenters. The van der Waals surface area contributed by atoms with Crippen LogP contribution >= 0.6 is 0 Å². The lowest BCUT2D eigenvalue weighted by atomic mass is 10.2. The third kappa shape index (κ3) is 3.57. The Morgan fingerprint density at radius 2 is 2.04 bits per heavy atom. The monoisotopic (exact) mass is 335 g/mol. The van der Waals surface area contributed by atoms with Crippen LogP contribution in [0.25, 0.3) is 0 Å². The maximum Gasteiger partial charge on any atom is 0.248 e. The maximum atomic E-state index is 11.3. The summed E-state index contributed by atoms with van der Waals surface area (Å²) in [6.45, 7) is 0. The Balaban J connectivity index is 1.48. The summed E-state index contributed by atoms with van der Waals surface area (Å²) in [5.74, 6) is 1.89. The number of rotatable bonds is 6. The first-order chi connectivity index (χ1) is 12.2. The van der Waals surface area contributed by atoms with E-state index < -0.39 is 5.91 Å². The number of aromatic nitrogens is 4. The highest BCUT2D eigenvalue weighted by atomic mass is 16.1. The molecule has 2 aromatic heterocycles. The van der Waals surface area contributed by atoms with Gasteiger partial charge in [0.1, 0.15) is 5.82 Å². The molecule has 0 bridgehead atoms. The Morgan fingerprint density at radius 1 is 1.16 bits per heavy atom. The van der Waals surface area contributed by atoms with Crippen LogP contribution in [0.2, 0.25) is 0 Å². The van der Waals surface area contributed by atoms with Crippen molar-refractivity contribution in [3.63, 3.8) is 0 Å². The number of H-pyrrole nitrogens is 1. The summed E-state index contributed by atoms with van der Waals surface area (Å²) in [6, 6.07) is 10.6. The molecule has 1 aromatic carbocycles. The van der Waals surface area contributed by atoms with Gasteiger partial charge in [-0.2, -0.15) is 10.1 Å². The standard InChI is InChI=1S/C17H17N7O/c18-16(25)11-2-1-3-12(8-11)20-17-19-7-6-14(22-17)21-15-9-13(23-24-15)10-4-5-10/h1-3,6-10H,4-5H2,(H2,18,25)(H3,19,20,21,22,23,24). The molecule has 1 amide bonds. The summed E-state index contributed by atoms with van der Waals surface area (Å²) >= 11 is 0. The molecule has 3 aromatic rings. The van der Waals surface area contributed by atoms with Gasteiger partial charge in [-0.3, -0.25) is 9.89 Å². The van der Waals surface area contributed by atoms with Crippen LogP contribution in [0.4, 0.5) is 23.3 Å². The SMILES string of the molecule is NC(=O)c1cccc(Nc2nccc(Nc3cc(C4CC4)[nH]n3)n2)c1. The first-order valence-corrected chi connectivity index (χ1v) is 7.99. The van der Waals surface area contributed by atoms with E-state index in [0.717, 1.165) is 11.5 Å². The highest BCUT2D eigenvalue weighted by molar-refractivity contribution is 5.93. The summed E-state index contributed by atoms with van der Waals surface area (Å²) in [5, 5.41) is 13.5. The number of carbonyl (C=O) groups is 1. The summed E-state index contributed by atoms with van der Waals surface area (Å²) in [5.41, 5.74) is 7.55. The lowest BCUT2D eigenvalue weighted by Crippen LogP contribution is -2.11. The van der Waals surface area contributed by atoms with Crippen LogP contribution in [0.15, 0.2) is 42.6 Å².